The standard InChI is InChI=1S/C20H17ClF4N4O2S/c21-15-11-14(26-19(32)27-17(30)12-2-1-3-13(22)10-12)4-5-16(15)28-6-8-29(9-7-28)18(31)20(23,24)25/h1-5,10-11H,6-9H2,(H2,26,27,30,32). The van der Waals surface area contributed by atoms with Gasteiger partial charge in [-0.3, -0.25) is 14.9 Å². The van der Waals surface area contributed by atoms with E-state index in [2.05, 4.69) is 10.6 Å². The first-order valence-electron chi connectivity index (χ1n) is 9.33. The van der Waals surface area contributed by atoms with E-state index in [0.717, 1.165) is 11.0 Å². The Bertz CT molecular complexity index is 1040. The summed E-state index contributed by atoms with van der Waals surface area (Å²) in [4.78, 5) is 26.0. The van der Waals surface area contributed by atoms with Gasteiger partial charge in [-0.25, -0.2) is 4.39 Å². The lowest BCUT2D eigenvalue weighted by Crippen LogP contribution is -2.52. The predicted octanol–water partition coefficient (Wildman–Crippen LogP) is 3.82. The van der Waals surface area contributed by atoms with Crippen LogP contribution < -0.4 is 15.5 Å². The molecule has 1 fully saturated rings. The van der Waals surface area contributed by atoms with E-state index in [0.29, 0.717) is 16.4 Å². The molecule has 0 bridgehead atoms. The SMILES string of the molecule is O=C(NC(=S)Nc1ccc(N2CCN(C(=O)C(F)(F)F)CC2)c(Cl)c1)c1cccc(F)c1. The van der Waals surface area contributed by atoms with E-state index in [1.807, 2.05) is 0 Å². The molecule has 0 aliphatic carbocycles. The fourth-order valence-electron chi connectivity index (χ4n) is 3.14. The van der Waals surface area contributed by atoms with Crippen molar-refractivity contribution in [1.29, 1.82) is 0 Å². The number of piperazine rings is 1. The summed E-state index contributed by atoms with van der Waals surface area (Å²) in [6.07, 6.45) is -4.89. The lowest BCUT2D eigenvalue weighted by Gasteiger charge is -2.36. The van der Waals surface area contributed by atoms with E-state index >= 15 is 0 Å². The number of nitrogens with one attached hydrogen (secondary N) is 2. The summed E-state index contributed by atoms with van der Waals surface area (Å²) >= 11 is 11.4. The van der Waals surface area contributed by atoms with Crippen LogP contribution in [0.1, 0.15) is 10.4 Å². The van der Waals surface area contributed by atoms with E-state index in [-0.39, 0.29) is 36.9 Å². The summed E-state index contributed by atoms with van der Waals surface area (Å²) in [5.74, 6) is -2.99. The fraction of sp³-hybridized carbons (Fsp3) is 0.250. The quantitative estimate of drug-likeness (QED) is 0.508. The molecule has 12 heteroatoms. The molecule has 0 atom stereocenters. The van der Waals surface area contributed by atoms with Crippen molar-refractivity contribution in [2.45, 2.75) is 6.18 Å². The molecule has 2 aromatic rings. The van der Waals surface area contributed by atoms with Crippen molar-refractivity contribution in [1.82, 2.24) is 10.2 Å². The van der Waals surface area contributed by atoms with Gasteiger partial charge in [0.2, 0.25) is 0 Å². The average molecular weight is 489 g/mol. The Morgan fingerprint density at radius 2 is 1.72 bits per heavy atom. The van der Waals surface area contributed by atoms with Crippen LogP contribution in [0.25, 0.3) is 0 Å². The van der Waals surface area contributed by atoms with Gasteiger partial charge in [0.15, 0.2) is 5.11 Å². The van der Waals surface area contributed by atoms with Crippen LogP contribution in [-0.2, 0) is 4.79 Å². The molecule has 0 saturated carbocycles. The summed E-state index contributed by atoms with van der Waals surface area (Å²) in [5.41, 5.74) is 1.16. The topological polar surface area (TPSA) is 64.7 Å². The number of halogens is 5. The van der Waals surface area contributed by atoms with Crippen LogP contribution in [0.4, 0.5) is 28.9 Å². The molecule has 0 aromatic heterocycles. The summed E-state index contributed by atoms with van der Waals surface area (Å²) < 4.78 is 51.0. The van der Waals surface area contributed by atoms with Crippen LogP contribution in [-0.4, -0.2) is 54.2 Å². The molecule has 2 N–H and O–H groups in total. The van der Waals surface area contributed by atoms with Crippen LogP contribution in [0.15, 0.2) is 42.5 Å². The number of thiocarbonyl (C=S) groups is 1. The third-order valence-electron chi connectivity index (χ3n) is 4.67. The molecular weight excluding hydrogens is 472 g/mol. The summed E-state index contributed by atoms with van der Waals surface area (Å²) in [6.45, 7) is 0.225. The molecule has 1 aliphatic heterocycles. The first-order chi connectivity index (χ1) is 15.0. The van der Waals surface area contributed by atoms with E-state index < -0.39 is 23.8 Å². The lowest BCUT2D eigenvalue weighted by atomic mass is 10.2. The molecule has 1 heterocycles. The highest BCUT2D eigenvalue weighted by atomic mass is 35.5. The molecule has 2 aromatic carbocycles. The molecule has 0 radical (unpaired) electrons. The zero-order valence-corrected chi connectivity index (χ0v) is 18.0. The van der Waals surface area contributed by atoms with Gasteiger partial charge in [0.05, 0.1) is 10.7 Å². The molecule has 1 saturated heterocycles. The molecule has 0 spiro atoms. The van der Waals surface area contributed by atoms with Gasteiger partial charge in [-0.05, 0) is 48.6 Å². The summed E-state index contributed by atoms with van der Waals surface area (Å²) in [6, 6.07) is 9.96. The van der Waals surface area contributed by atoms with Crippen molar-refractivity contribution in [3.8, 4) is 0 Å². The number of hydrogen-bond donors (Lipinski definition) is 2. The molecule has 32 heavy (non-hydrogen) atoms. The highest BCUT2D eigenvalue weighted by molar-refractivity contribution is 7.80. The highest BCUT2D eigenvalue weighted by Gasteiger charge is 2.43. The van der Waals surface area contributed by atoms with Crippen molar-refractivity contribution < 1.29 is 27.2 Å². The Morgan fingerprint density at radius 3 is 2.31 bits per heavy atom. The van der Waals surface area contributed by atoms with E-state index in [4.69, 9.17) is 23.8 Å². The van der Waals surface area contributed by atoms with Crippen LogP contribution in [0.5, 0.6) is 0 Å². The first-order valence-corrected chi connectivity index (χ1v) is 10.1. The van der Waals surface area contributed by atoms with Crippen LogP contribution >= 0.6 is 23.8 Å². The highest BCUT2D eigenvalue weighted by Crippen LogP contribution is 2.30. The Kier molecular flexibility index (Phi) is 7.19. The van der Waals surface area contributed by atoms with Gasteiger partial charge < -0.3 is 15.1 Å². The minimum absolute atomic E-state index is 0.0256. The second-order valence-corrected chi connectivity index (χ2v) is 7.68. The number of carbonyl (C=O) groups is 2. The molecule has 0 unspecified atom stereocenters. The van der Waals surface area contributed by atoms with Gasteiger partial charge >= 0.3 is 12.1 Å². The Balaban J connectivity index is 1.58. The van der Waals surface area contributed by atoms with E-state index in [9.17, 15) is 27.2 Å². The molecule has 3 rings (SSSR count). The van der Waals surface area contributed by atoms with Crippen molar-refractivity contribution in [2.24, 2.45) is 0 Å². The number of nitrogens with zero attached hydrogens (tertiary/aromatic N) is 2. The second-order valence-electron chi connectivity index (χ2n) is 6.86. The Morgan fingerprint density at radius 1 is 1.03 bits per heavy atom. The van der Waals surface area contributed by atoms with Gasteiger partial charge in [-0.15, -0.1) is 0 Å². The van der Waals surface area contributed by atoms with Gasteiger partial charge in [0.25, 0.3) is 5.91 Å². The number of carbonyl (C=O) groups excluding carboxylic acids is 2. The Hall–Kier alpha value is -2.92. The number of rotatable bonds is 3. The minimum Gasteiger partial charge on any atom is -0.367 e. The average Bonchev–Trinajstić information content (AvgIpc) is 2.73. The maximum atomic E-state index is 13.2. The van der Waals surface area contributed by atoms with Gasteiger partial charge in [0, 0.05) is 37.4 Å². The zero-order chi connectivity index (χ0) is 23.5. The maximum absolute atomic E-state index is 13.2. The molecular formula is C20H17ClF4N4O2S. The fourth-order valence-corrected chi connectivity index (χ4v) is 3.65. The Labute approximate surface area is 191 Å². The third-order valence-corrected chi connectivity index (χ3v) is 5.18. The van der Waals surface area contributed by atoms with Gasteiger partial charge in [0.1, 0.15) is 5.82 Å². The van der Waals surface area contributed by atoms with Gasteiger partial charge in [-0.1, -0.05) is 17.7 Å². The van der Waals surface area contributed by atoms with E-state index in [1.165, 1.54) is 18.2 Å². The number of amides is 2. The van der Waals surface area contributed by atoms with Crippen LogP contribution in [0, 0.1) is 5.82 Å². The smallest absolute Gasteiger partial charge is 0.367 e. The summed E-state index contributed by atoms with van der Waals surface area (Å²) in [7, 11) is 0. The van der Waals surface area contributed by atoms with Gasteiger partial charge in [-0.2, -0.15) is 13.2 Å². The van der Waals surface area contributed by atoms with Crippen molar-refractivity contribution in [3.05, 3.63) is 58.9 Å². The second kappa shape index (κ2) is 9.70. The number of benzene rings is 2. The summed E-state index contributed by atoms with van der Waals surface area (Å²) in [5, 5.41) is 5.50. The number of anilines is 2. The molecule has 170 valence electrons. The molecule has 1 aliphatic rings. The van der Waals surface area contributed by atoms with Crippen LogP contribution in [0.3, 0.4) is 0 Å². The maximum Gasteiger partial charge on any atom is 0.471 e. The monoisotopic (exact) mass is 488 g/mol. The van der Waals surface area contributed by atoms with Crippen molar-refractivity contribution >= 4 is 52.1 Å². The number of hydrogen-bond acceptors (Lipinski definition) is 4. The minimum atomic E-state index is -4.89. The molecule has 6 nitrogen and oxygen atoms in total. The largest absolute Gasteiger partial charge is 0.471 e. The number of alkyl halides is 3. The zero-order valence-electron chi connectivity index (χ0n) is 16.4. The first kappa shape index (κ1) is 23.7. The van der Waals surface area contributed by atoms with Crippen molar-refractivity contribution in [2.75, 3.05) is 36.4 Å². The normalized spacial score (nSPS) is 14.2. The third kappa shape index (κ3) is 5.86. The molecule has 2 amide bonds. The lowest BCUT2D eigenvalue weighted by molar-refractivity contribution is -0.185. The van der Waals surface area contributed by atoms with Crippen molar-refractivity contribution in [3.63, 3.8) is 0 Å². The predicted molar refractivity (Wildman–Crippen MR) is 116 cm³/mol. The van der Waals surface area contributed by atoms with Crippen LogP contribution in [0.2, 0.25) is 5.02 Å². The van der Waals surface area contributed by atoms with E-state index in [1.54, 1.807) is 23.1 Å².